The molecule has 1 aliphatic rings. The molecule has 1 aromatic carbocycles. The molecular weight excluding hydrogens is 456 g/mol. The van der Waals surface area contributed by atoms with Crippen LogP contribution >= 0.6 is 27.7 Å². The summed E-state index contributed by atoms with van der Waals surface area (Å²) in [5, 5.41) is -0.471. The molecule has 152 valence electrons. The highest BCUT2D eigenvalue weighted by Gasteiger charge is 2.41. The van der Waals surface area contributed by atoms with Gasteiger partial charge in [0, 0.05) is 15.9 Å². The molecule has 2 amide bonds. The van der Waals surface area contributed by atoms with Crippen molar-refractivity contribution in [2.75, 3.05) is 6.61 Å². The number of esters is 1. The zero-order valence-corrected chi connectivity index (χ0v) is 19.0. The molecule has 0 aliphatic carbocycles. The van der Waals surface area contributed by atoms with E-state index in [0.717, 1.165) is 43.8 Å². The van der Waals surface area contributed by atoms with Crippen molar-refractivity contribution in [1.29, 1.82) is 0 Å². The SMILES string of the molecule is CCOC(=O)[C@@H](C)N1C(=O)S/C(=C/c2cc(C)n(-c3ccccc3Br)c2C)C1=O. The van der Waals surface area contributed by atoms with Crippen molar-refractivity contribution >= 4 is 50.9 Å². The van der Waals surface area contributed by atoms with Gasteiger partial charge in [0.05, 0.1) is 17.2 Å². The Bertz CT molecular complexity index is 1030. The van der Waals surface area contributed by atoms with Gasteiger partial charge in [-0.3, -0.25) is 14.5 Å². The molecule has 1 aliphatic heterocycles. The molecule has 0 saturated carbocycles. The van der Waals surface area contributed by atoms with Crippen LogP contribution in [0.2, 0.25) is 0 Å². The van der Waals surface area contributed by atoms with E-state index in [-0.39, 0.29) is 6.61 Å². The number of halogens is 1. The molecule has 0 bridgehead atoms. The van der Waals surface area contributed by atoms with Crippen molar-refractivity contribution in [3.05, 3.63) is 56.7 Å². The number of thioether (sulfide) groups is 1. The molecule has 2 aromatic rings. The molecule has 8 heteroatoms. The van der Waals surface area contributed by atoms with Crippen molar-refractivity contribution in [2.45, 2.75) is 33.7 Å². The number of hydrogen-bond acceptors (Lipinski definition) is 5. The minimum atomic E-state index is -0.957. The second-order valence-electron chi connectivity index (χ2n) is 6.59. The van der Waals surface area contributed by atoms with E-state index in [1.54, 1.807) is 13.0 Å². The van der Waals surface area contributed by atoms with Gasteiger partial charge in [-0.25, -0.2) is 4.79 Å². The molecule has 6 nitrogen and oxygen atoms in total. The third-order valence-electron chi connectivity index (χ3n) is 4.69. The lowest BCUT2D eigenvalue weighted by Crippen LogP contribution is -2.42. The predicted octanol–water partition coefficient (Wildman–Crippen LogP) is 4.84. The van der Waals surface area contributed by atoms with Crippen LogP contribution in [0.1, 0.15) is 30.8 Å². The average molecular weight is 477 g/mol. The molecule has 1 aromatic heterocycles. The third-order valence-corrected chi connectivity index (χ3v) is 6.24. The first-order chi connectivity index (χ1) is 13.8. The van der Waals surface area contributed by atoms with E-state index in [2.05, 4.69) is 20.5 Å². The van der Waals surface area contributed by atoms with Gasteiger partial charge in [-0.05, 0) is 85.2 Å². The van der Waals surface area contributed by atoms with Crippen LogP contribution in [-0.4, -0.2) is 39.2 Å². The van der Waals surface area contributed by atoms with Crippen LogP contribution in [0.3, 0.4) is 0 Å². The normalized spacial score (nSPS) is 16.6. The summed E-state index contributed by atoms with van der Waals surface area (Å²) in [6, 6.07) is 8.89. The van der Waals surface area contributed by atoms with E-state index in [0.29, 0.717) is 4.91 Å². The molecular formula is C21H21BrN2O4S. The van der Waals surface area contributed by atoms with Crippen molar-refractivity contribution in [1.82, 2.24) is 9.47 Å². The molecule has 1 fully saturated rings. The lowest BCUT2D eigenvalue weighted by Gasteiger charge is -2.19. The van der Waals surface area contributed by atoms with Gasteiger partial charge in [-0.15, -0.1) is 0 Å². The Morgan fingerprint density at radius 1 is 1.28 bits per heavy atom. The fourth-order valence-electron chi connectivity index (χ4n) is 3.26. The number of hydrogen-bond donors (Lipinski definition) is 0. The summed E-state index contributed by atoms with van der Waals surface area (Å²) >= 11 is 4.41. The third kappa shape index (κ3) is 4.04. The van der Waals surface area contributed by atoms with E-state index in [4.69, 9.17) is 4.74 Å². The first kappa shape index (κ1) is 21.4. The minimum absolute atomic E-state index is 0.191. The van der Waals surface area contributed by atoms with Crippen LogP contribution in [0, 0.1) is 13.8 Å². The van der Waals surface area contributed by atoms with Crippen molar-refractivity contribution in [3.63, 3.8) is 0 Å². The van der Waals surface area contributed by atoms with E-state index in [9.17, 15) is 14.4 Å². The summed E-state index contributed by atoms with van der Waals surface area (Å²) in [5.41, 5.74) is 3.78. The molecule has 3 rings (SSSR count). The lowest BCUT2D eigenvalue weighted by molar-refractivity contribution is -0.150. The largest absolute Gasteiger partial charge is 0.464 e. The zero-order valence-electron chi connectivity index (χ0n) is 16.6. The van der Waals surface area contributed by atoms with E-state index in [1.165, 1.54) is 6.92 Å². The summed E-state index contributed by atoms with van der Waals surface area (Å²) in [6.07, 6.45) is 1.71. The fourth-order valence-corrected chi connectivity index (χ4v) is 4.62. The Morgan fingerprint density at radius 3 is 2.62 bits per heavy atom. The summed E-state index contributed by atoms with van der Waals surface area (Å²) in [5.74, 6) is -1.07. The molecule has 1 saturated heterocycles. The van der Waals surface area contributed by atoms with E-state index < -0.39 is 23.2 Å². The highest BCUT2D eigenvalue weighted by molar-refractivity contribution is 9.10. The second kappa shape index (κ2) is 8.59. The Kier molecular flexibility index (Phi) is 6.33. The van der Waals surface area contributed by atoms with E-state index in [1.807, 2.05) is 44.2 Å². The molecule has 0 spiro atoms. The zero-order chi connectivity index (χ0) is 21.3. The number of carbonyl (C=O) groups is 3. The van der Waals surface area contributed by atoms with Gasteiger partial charge in [0.15, 0.2) is 0 Å². The van der Waals surface area contributed by atoms with Crippen LogP contribution in [-0.2, 0) is 14.3 Å². The molecule has 0 unspecified atom stereocenters. The Balaban J connectivity index is 1.95. The van der Waals surface area contributed by atoms with Crippen LogP contribution in [0.25, 0.3) is 11.8 Å². The number of para-hydroxylation sites is 1. The van der Waals surface area contributed by atoms with Crippen LogP contribution < -0.4 is 0 Å². The predicted molar refractivity (Wildman–Crippen MR) is 117 cm³/mol. The molecule has 29 heavy (non-hydrogen) atoms. The number of benzene rings is 1. The van der Waals surface area contributed by atoms with Gasteiger partial charge in [-0.1, -0.05) is 12.1 Å². The monoisotopic (exact) mass is 476 g/mol. The maximum atomic E-state index is 12.8. The Hall–Kier alpha value is -2.32. The summed E-state index contributed by atoms with van der Waals surface area (Å²) < 4.78 is 7.98. The minimum Gasteiger partial charge on any atom is -0.464 e. The Labute approximate surface area is 182 Å². The first-order valence-electron chi connectivity index (χ1n) is 9.13. The number of rotatable bonds is 5. The summed E-state index contributed by atoms with van der Waals surface area (Å²) in [4.78, 5) is 38.4. The van der Waals surface area contributed by atoms with Gasteiger partial charge in [0.1, 0.15) is 6.04 Å². The molecule has 0 radical (unpaired) electrons. The lowest BCUT2D eigenvalue weighted by atomic mass is 10.2. The Morgan fingerprint density at radius 2 is 1.97 bits per heavy atom. The maximum absolute atomic E-state index is 12.8. The van der Waals surface area contributed by atoms with Crippen LogP contribution in [0.15, 0.2) is 39.7 Å². The van der Waals surface area contributed by atoms with Crippen molar-refractivity contribution in [2.24, 2.45) is 0 Å². The van der Waals surface area contributed by atoms with Gasteiger partial charge in [0.2, 0.25) is 0 Å². The fraction of sp³-hybridized carbons (Fsp3) is 0.286. The molecule has 1 atom stereocenters. The van der Waals surface area contributed by atoms with Gasteiger partial charge < -0.3 is 9.30 Å². The van der Waals surface area contributed by atoms with Crippen LogP contribution in [0.5, 0.6) is 0 Å². The van der Waals surface area contributed by atoms with Crippen molar-refractivity contribution in [3.8, 4) is 5.69 Å². The maximum Gasteiger partial charge on any atom is 0.329 e. The van der Waals surface area contributed by atoms with Gasteiger partial charge in [0.25, 0.3) is 11.1 Å². The second-order valence-corrected chi connectivity index (χ2v) is 8.44. The molecule has 2 heterocycles. The van der Waals surface area contributed by atoms with Crippen LogP contribution in [0.4, 0.5) is 4.79 Å². The van der Waals surface area contributed by atoms with Gasteiger partial charge in [-0.2, -0.15) is 0 Å². The quantitative estimate of drug-likeness (QED) is 0.455. The average Bonchev–Trinajstić information content (AvgIpc) is 3.10. The number of carbonyl (C=O) groups excluding carboxylic acids is 3. The summed E-state index contributed by atoms with van der Waals surface area (Å²) in [7, 11) is 0. The number of nitrogens with zero attached hydrogens (tertiary/aromatic N) is 2. The smallest absolute Gasteiger partial charge is 0.329 e. The van der Waals surface area contributed by atoms with Gasteiger partial charge >= 0.3 is 5.97 Å². The standard InChI is InChI=1S/C21H21BrN2O4S/c1-5-28-20(26)14(4)24-19(25)18(29-21(24)27)11-15-10-12(2)23(13(15)3)17-9-7-6-8-16(17)22/h6-11,14H,5H2,1-4H3/b18-11+/t14-/m1/s1. The number of aromatic nitrogens is 1. The number of amides is 2. The highest BCUT2D eigenvalue weighted by Crippen LogP contribution is 2.35. The first-order valence-corrected chi connectivity index (χ1v) is 10.7. The molecule has 0 N–H and O–H groups in total. The topological polar surface area (TPSA) is 68.6 Å². The van der Waals surface area contributed by atoms with E-state index >= 15 is 0 Å². The van der Waals surface area contributed by atoms with Crippen molar-refractivity contribution < 1.29 is 19.1 Å². The highest BCUT2D eigenvalue weighted by atomic mass is 79.9. The number of aryl methyl sites for hydroxylation is 1. The summed E-state index contributed by atoms with van der Waals surface area (Å²) in [6.45, 7) is 7.31. The number of imide groups is 1. The number of ether oxygens (including phenoxy) is 1.